The van der Waals surface area contributed by atoms with Crippen LogP contribution >= 0.6 is 7.82 Å². The zero-order chi connectivity index (χ0) is 14.9. The monoisotopic (exact) mass is 300 g/mol. The first-order chi connectivity index (χ1) is 10.0. The Kier molecular flexibility index (Phi) is 3.52. The van der Waals surface area contributed by atoms with Gasteiger partial charge in [-0.25, -0.2) is 4.57 Å². The number of rotatable bonds is 3. The Morgan fingerprint density at radius 3 is 2.19 bits per heavy atom. The van der Waals surface area contributed by atoms with Gasteiger partial charge in [0, 0.05) is 5.56 Å². The third kappa shape index (κ3) is 2.98. The maximum absolute atomic E-state index is 11.1. The van der Waals surface area contributed by atoms with Gasteiger partial charge in [-0.05, 0) is 22.4 Å². The first-order valence-corrected chi connectivity index (χ1v) is 7.90. The summed E-state index contributed by atoms with van der Waals surface area (Å²) in [4.78, 5) is 18.1. The molecule has 0 aliphatic carbocycles. The predicted molar refractivity (Wildman–Crippen MR) is 82.1 cm³/mol. The highest BCUT2D eigenvalue weighted by Gasteiger charge is 2.19. The van der Waals surface area contributed by atoms with Gasteiger partial charge >= 0.3 is 7.82 Å². The normalized spacial score (nSPS) is 11.5. The molecule has 0 bridgehead atoms. The number of hydrogen-bond donors (Lipinski definition) is 2. The Balaban J connectivity index is 2.22. The molecule has 0 radical (unpaired) electrons. The second-order valence-corrected chi connectivity index (χ2v) is 5.77. The van der Waals surface area contributed by atoms with Crippen molar-refractivity contribution in [3.05, 3.63) is 66.7 Å². The molecule has 3 aromatic carbocycles. The summed E-state index contributed by atoms with van der Waals surface area (Å²) in [5.74, 6) is 0.169. The molecule has 0 spiro atoms. The molecular weight excluding hydrogens is 287 g/mol. The van der Waals surface area contributed by atoms with E-state index in [9.17, 15) is 4.57 Å². The fourth-order valence-electron chi connectivity index (χ4n) is 2.36. The van der Waals surface area contributed by atoms with Crippen molar-refractivity contribution in [2.24, 2.45) is 0 Å². The Morgan fingerprint density at radius 1 is 0.762 bits per heavy atom. The van der Waals surface area contributed by atoms with E-state index in [1.54, 1.807) is 18.2 Å². The summed E-state index contributed by atoms with van der Waals surface area (Å²) in [6.45, 7) is 0. The smallest absolute Gasteiger partial charge is 0.404 e. The van der Waals surface area contributed by atoms with Crippen molar-refractivity contribution in [3.63, 3.8) is 0 Å². The van der Waals surface area contributed by atoms with Crippen LogP contribution in [0.5, 0.6) is 5.75 Å². The molecule has 0 amide bonds. The van der Waals surface area contributed by atoms with Crippen LogP contribution in [0.4, 0.5) is 0 Å². The minimum absolute atomic E-state index is 0.169. The molecule has 0 atom stereocenters. The van der Waals surface area contributed by atoms with Crippen molar-refractivity contribution < 1.29 is 18.9 Å². The topological polar surface area (TPSA) is 66.8 Å². The Hall–Kier alpha value is -2.13. The Labute approximate surface area is 121 Å². The summed E-state index contributed by atoms with van der Waals surface area (Å²) in [6, 6.07) is 20.5. The highest BCUT2D eigenvalue weighted by Crippen LogP contribution is 2.43. The molecule has 0 aliphatic heterocycles. The van der Waals surface area contributed by atoms with E-state index < -0.39 is 7.82 Å². The van der Waals surface area contributed by atoms with E-state index in [-0.39, 0.29) is 5.75 Å². The van der Waals surface area contributed by atoms with Crippen LogP contribution in [0.1, 0.15) is 0 Å². The number of benzene rings is 3. The van der Waals surface area contributed by atoms with Gasteiger partial charge in [0.15, 0.2) is 0 Å². The summed E-state index contributed by atoms with van der Waals surface area (Å²) in [5, 5.41) is 2.06. The molecule has 0 aromatic heterocycles. The fraction of sp³-hybridized carbons (Fsp3) is 0. The first-order valence-electron chi connectivity index (χ1n) is 6.37. The van der Waals surface area contributed by atoms with Crippen LogP contribution in [-0.4, -0.2) is 9.79 Å². The lowest BCUT2D eigenvalue weighted by Gasteiger charge is -2.13. The van der Waals surface area contributed by atoms with Crippen molar-refractivity contribution in [1.29, 1.82) is 0 Å². The lowest BCUT2D eigenvalue weighted by molar-refractivity contribution is 0.283. The van der Waals surface area contributed by atoms with Gasteiger partial charge < -0.3 is 4.52 Å². The quantitative estimate of drug-likeness (QED) is 0.718. The van der Waals surface area contributed by atoms with Gasteiger partial charge in [0.05, 0.1) is 0 Å². The van der Waals surface area contributed by atoms with Crippen LogP contribution < -0.4 is 4.52 Å². The molecule has 0 fully saturated rings. The highest BCUT2D eigenvalue weighted by atomic mass is 31.2. The molecule has 0 unspecified atom stereocenters. The molecule has 2 N–H and O–H groups in total. The van der Waals surface area contributed by atoms with Crippen LogP contribution in [0.3, 0.4) is 0 Å². The summed E-state index contributed by atoms with van der Waals surface area (Å²) in [7, 11) is -4.60. The van der Waals surface area contributed by atoms with Crippen molar-refractivity contribution >= 4 is 18.6 Å². The fourth-order valence-corrected chi connectivity index (χ4v) is 2.77. The molecule has 0 saturated heterocycles. The molecule has 21 heavy (non-hydrogen) atoms. The average Bonchev–Trinajstić information content (AvgIpc) is 2.46. The van der Waals surface area contributed by atoms with E-state index in [2.05, 4.69) is 0 Å². The second kappa shape index (κ2) is 5.34. The molecule has 106 valence electrons. The SMILES string of the molecule is O=P(O)(O)Oc1ccccc1-c1cccc2ccccc12. The van der Waals surface area contributed by atoms with E-state index in [1.165, 1.54) is 0 Å². The number of fused-ring (bicyclic) bond motifs is 1. The van der Waals surface area contributed by atoms with Gasteiger partial charge in [-0.2, -0.15) is 0 Å². The van der Waals surface area contributed by atoms with Crippen LogP contribution in [0.15, 0.2) is 66.7 Å². The van der Waals surface area contributed by atoms with Gasteiger partial charge in [-0.15, -0.1) is 0 Å². The molecule has 5 heteroatoms. The Bertz CT molecular complexity index is 833. The summed E-state index contributed by atoms with van der Waals surface area (Å²) in [6.07, 6.45) is 0. The summed E-state index contributed by atoms with van der Waals surface area (Å²) >= 11 is 0. The lowest BCUT2D eigenvalue weighted by Crippen LogP contribution is -1.93. The van der Waals surface area contributed by atoms with Crippen molar-refractivity contribution in [3.8, 4) is 16.9 Å². The lowest BCUT2D eigenvalue weighted by atomic mass is 9.98. The molecular formula is C16H13O4P. The third-order valence-electron chi connectivity index (χ3n) is 3.18. The summed E-state index contributed by atoms with van der Waals surface area (Å²) in [5.41, 5.74) is 1.52. The number of hydrogen-bond acceptors (Lipinski definition) is 2. The first kappa shape index (κ1) is 13.8. The maximum atomic E-state index is 11.1. The van der Waals surface area contributed by atoms with E-state index in [0.29, 0.717) is 5.56 Å². The van der Waals surface area contributed by atoms with Crippen LogP contribution in [0.2, 0.25) is 0 Å². The Morgan fingerprint density at radius 2 is 1.38 bits per heavy atom. The summed E-state index contributed by atoms with van der Waals surface area (Å²) < 4.78 is 15.9. The average molecular weight is 300 g/mol. The number of phosphoric acid groups is 1. The van der Waals surface area contributed by atoms with Gasteiger partial charge in [-0.3, -0.25) is 9.79 Å². The van der Waals surface area contributed by atoms with Crippen molar-refractivity contribution in [2.45, 2.75) is 0 Å². The van der Waals surface area contributed by atoms with E-state index in [4.69, 9.17) is 14.3 Å². The zero-order valence-electron chi connectivity index (χ0n) is 11.0. The van der Waals surface area contributed by atoms with Gasteiger partial charge in [-0.1, -0.05) is 60.7 Å². The highest BCUT2D eigenvalue weighted by molar-refractivity contribution is 7.46. The molecule has 0 saturated carbocycles. The van der Waals surface area contributed by atoms with Gasteiger partial charge in [0.1, 0.15) is 5.75 Å². The van der Waals surface area contributed by atoms with Crippen LogP contribution in [-0.2, 0) is 4.57 Å². The standard InChI is InChI=1S/C16H13O4P/c17-21(18,19)20-16-11-4-3-9-15(16)14-10-5-7-12-6-1-2-8-13(12)14/h1-11H,(H2,17,18,19). The second-order valence-electron chi connectivity index (χ2n) is 4.60. The van der Waals surface area contributed by atoms with Crippen LogP contribution in [0, 0.1) is 0 Å². The van der Waals surface area contributed by atoms with Gasteiger partial charge in [0.25, 0.3) is 0 Å². The van der Waals surface area contributed by atoms with Crippen molar-refractivity contribution in [1.82, 2.24) is 0 Å². The van der Waals surface area contributed by atoms with E-state index in [1.807, 2.05) is 48.5 Å². The maximum Gasteiger partial charge on any atom is 0.524 e. The minimum Gasteiger partial charge on any atom is -0.404 e. The molecule has 3 aromatic rings. The van der Waals surface area contributed by atoms with Crippen LogP contribution in [0.25, 0.3) is 21.9 Å². The van der Waals surface area contributed by atoms with E-state index in [0.717, 1.165) is 16.3 Å². The molecule has 4 nitrogen and oxygen atoms in total. The van der Waals surface area contributed by atoms with Gasteiger partial charge in [0.2, 0.25) is 0 Å². The zero-order valence-corrected chi connectivity index (χ0v) is 11.9. The molecule has 0 heterocycles. The van der Waals surface area contributed by atoms with Crippen molar-refractivity contribution in [2.75, 3.05) is 0 Å². The number of para-hydroxylation sites is 1. The predicted octanol–water partition coefficient (Wildman–Crippen LogP) is 3.98. The molecule has 3 rings (SSSR count). The van der Waals surface area contributed by atoms with E-state index >= 15 is 0 Å². The largest absolute Gasteiger partial charge is 0.524 e. The molecule has 0 aliphatic rings. The minimum atomic E-state index is -4.60. The number of phosphoric ester groups is 1. The third-order valence-corrected chi connectivity index (χ3v) is 3.62.